The van der Waals surface area contributed by atoms with E-state index in [0.29, 0.717) is 17.9 Å². The molecule has 96 valence electrons. The van der Waals surface area contributed by atoms with Crippen LogP contribution in [0.3, 0.4) is 0 Å². The van der Waals surface area contributed by atoms with Crippen molar-refractivity contribution in [1.82, 2.24) is 9.78 Å². The Morgan fingerprint density at radius 1 is 1.47 bits per heavy atom. The van der Waals surface area contributed by atoms with E-state index in [-0.39, 0.29) is 5.38 Å². The van der Waals surface area contributed by atoms with Crippen LogP contribution in [0.15, 0.2) is 6.20 Å². The van der Waals surface area contributed by atoms with Crippen LogP contribution >= 0.6 is 11.6 Å². The van der Waals surface area contributed by atoms with E-state index in [1.165, 1.54) is 5.69 Å². The lowest BCUT2D eigenvalue weighted by molar-refractivity contribution is 0.384. The molecule has 17 heavy (non-hydrogen) atoms. The van der Waals surface area contributed by atoms with Crippen molar-refractivity contribution in [1.29, 1.82) is 0 Å². The molecule has 1 aliphatic carbocycles. The van der Waals surface area contributed by atoms with Gasteiger partial charge in [-0.15, -0.1) is 11.6 Å². The lowest BCUT2D eigenvalue weighted by atomic mass is 9.93. The molecule has 0 bridgehead atoms. The zero-order valence-corrected chi connectivity index (χ0v) is 11.7. The first kappa shape index (κ1) is 12.7. The maximum absolute atomic E-state index is 6.33. The summed E-state index contributed by atoms with van der Waals surface area (Å²) in [7, 11) is 1.71. The van der Waals surface area contributed by atoms with Crippen molar-refractivity contribution in [3.05, 3.63) is 11.9 Å². The fourth-order valence-electron chi connectivity index (χ4n) is 2.78. The second-order valence-corrected chi connectivity index (χ2v) is 5.76. The molecule has 0 amide bonds. The van der Waals surface area contributed by atoms with Crippen molar-refractivity contribution in [3.63, 3.8) is 0 Å². The highest BCUT2D eigenvalue weighted by Crippen LogP contribution is 2.45. The Morgan fingerprint density at radius 3 is 2.65 bits per heavy atom. The molecule has 4 heteroatoms. The Morgan fingerprint density at radius 2 is 2.18 bits per heavy atom. The van der Waals surface area contributed by atoms with Gasteiger partial charge in [0, 0.05) is 17.3 Å². The highest BCUT2D eigenvalue weighted by molar-refractivity contribution is 6.21. The fourth-order valence-corrected chi connectivity index (χ4v) is 3.08. The molecule has 1 aromatic heterocycles. The van der Waals surface area contributed by atoms with Crippen molar-refractivity contribution >= 4 is 11.6 Å². The summed E-state index contributed by atoms with van der Waals surface area (Å²) in [4.78, 5) is 0. The SMILES string of the molecule is COc1cnn(C(C)C)c1C1CCC(Cl)C1C. The van der Waals surface area contributed by atoms with Crippen LogP contribution < -0.4 is 4.74 Å². The molecule has 1 aromatic rings. The Bertz CT molecular complexity index is 389. The van der Waals surface area contributed by atoms with E-state index in [4.69, 9.17) is 16.3 Å². The number of hydrogen-bond acceptors (Lipinski definition) is 2. The second kappa shape index (κ2) is 4.89. The number of ether oxygens (including phenoxy) is 1. The van der Waals surface area contributed by atoms with Gasteiger partial charge in [0.05, 0.1) is 19.0 Å². The first-order valence-corrected chi connectivity index (χ1v) is 6.75. The molecule has 0 spiro atoms. The minimum absolute atomic E-state index is 0.278. The molecule has 3 atom stereocenters. The van der Waals surface area contributed by atoms with Gasteiger partial charge in [-0.05, 0) is 32.6 Å². The van der Waals surface area contributed by atoms with Crippen molar-refractivity contribution in [2.24, 2.45) is 5.92 Å². The second-order valence-electron chi connectivity index (χ2n) is 5.20. The largest absolute Gasteiger partial charge is 0.493 e. The predicted molar refractivity (Wildman–Crippen MR) is 69.9 cm³/mol. The van der Waals surface area contributed by atoms with Crippen LogP contribution in [-0.2, 0) is 0 Å². The topological polar surface area (TPSA) is 27.1 Å². The Kier molecular flexibility index (Phi) is 3.67. The van der Waals surface area contributed by atoms with Crippen LogP contribution in [-0.4, -0.2) is 22.3 Å². The number of rotatable bonds is 3. The van der Waals surface area contributed by atoms with Gasteiger partial charge in [0.25, 0.3) is 0 Å². The molecule has 1 aliphatic rings. The Hall–Kier alpha value is -0.700. The summed E-state index contributed by atoms with van der Waals surface area (Å²) in [6, 6.07) is 0.357. The highest BCUT2D eigenvalue weighted by Gasteiger charge is 2.36. The monoisotopic (exact) mass is 256 g/mol. The third-order valence-electron chi connectivity index (χ3n) is 3.82. The molecular weight excluding hydrogens is 236 g/mol. The summed E-state index contributed by atoms with van der Waals surface area (Å²) in [5.41, 5.74) is 1.22. The maximum atomic E-state index is 6.33. The average molecular weight is 257 g/mol. The predicted octanol–water partition coefficient (Wildman–Crippen LogP) is 3.59. The molecule has 3 unspecified atom stereocenters. The summed E-state index contributed by atoms with van der Waals surface area (Å²) in [5, 5.41) is 4.72. The van der Waals surface area contributed by atoms with Crippen LogP contribution in [0.2, 0.25) is 0 Å². The molecule has 3 nitrogen and oxygen atoms in total. The number of aromatic nitrogens is 2. The van der Waals surface area contributed by atoms with E-state index in [0.717, 1.165) is 18.6 Å². The Balaban J connectivity index is 2.39. The molecule has 1 fully saturated rings. The van der Waals surface area contributed by atoms with Gasteiger partial charge in [0.1, 0.15) is 0 Å². The van der Waals surface area contributed by atoms with E-state index in [1.54, 1.807) is 7.11 Å². The third kappa shape index (κ3) is 2.17. The van der Waals surface area contributed by atoms with Crippen LogP contribution in [0.4, 0.5) is 0 Å². The zero-order chi connectivity index (χ0) is 12.6. The molecule has 0 N–H and O–H groups in total. The van der Waals surface area contributed by atoms with E-state index >= 15 is 0 Å². The molecule has 1 saturated carbocycles. The summed E-state index contributed by atoms with van der Waals surface area (Å²) < 4.78 is 7.52. The summed E-state index contributed by atoms with van der Waals surface area (Å²) >= 11 is 6.33. The van der Waals surface area contributed by atoms with Gasteiger partial charge < -0.3 is 4.74 Å². The van der Waals surface area contributed by atoms with Gasteiger partial charge in [-0.3, -0.25) is 4.68 Å². The minimum Gasteiger partial charge on any atom is -0.493 e. The first-order valence-electron chi connectivity index (χ1n) is 6.31. The molecule has 0 saturated heterocycles. The number of nitrogens with zero attached hydrogens (tertiary/aromatic N) is 2. The van der Waals surface area contributed by atoms with E-state index < -0.39 is 0 Å². The maximum Gasteiger partial charge on any atom is 0.160 e. The average Bonchev–Trinajstić information content (AvgIpc) is 2.84. The number of methoxy groups -OCH3 is 1. The summed E-state index contributed by atoms with van der Waals surface area (Å²) in [5.74, 6) is 1.86. The fraction of sp³-hybridized carbons (Fsp3) is 0.769. The van der Waals surface area contributed by atoms with Gasteiger partial charge in [-0.1, -0.05) is 6.92 Å². The van der Waals surface area contributed by atoms with Crippen molar-refractivity contribution in [3.8, 4) is 5.75 Å². The van der Waals surface area contributed by atoms with E-state index in [1.807, 2.05) is 6.20 Å². The van der Waals surface area contributed by atoms with Crippen molar-refractivity contribution < 1.29 is 4.74 Å². The van der Waals surface area contributed by atoms with Crippen LogP contribution in [0.25, 0.3) is 0 Å². The van der Waals surface area contributed by atoms with Gasteiger partial charge in [-0.25, -0.2) is 0 Å². The number of alkyl halides is 1. The molecule has 0 radical (unpaired) electrons. The van der Waals surface area contributed by atoms with E-state index in [2.05, 4.69) is 30.6 Å². The zero-order valence-electron chi connectivity index (χ0n) is 11.0. The smallest absolute Gasteiger partial charge is 0.160 e. The highest BCUT2D eigenvalue weighted by atomic mass is 35.5. The quantitative estimate of drug-likeness (QED) is 0.773. The first-order chi connectivity index (χ1) is 8.06. The van der Waals surface area contributed by atoms with Crippen molar-refractivity contribution in [2.45, 2.75) is 50.9 Å². The van der Waals surface area contributed by atoms with Gasteiger partial charge in [0.2, 0.25) is 0 Å². The van der Waals surface area contributed by atoms with E-state index in [9.17, 15) is 0 Å². The van der Waals surface area contributed by atoms with Gasteiger partial charge in [-0.2, -0.15) is 5.10 Å². The van der Waals surface area contributed by atoms with Crippen molar-refractivity contribution in [2.75, 3.05) is 7.11 Å². The molecule has 0 aliphatic heterocycles. The Labute approximate surface area is 108 Å². The number of halogens is 1. The lowest BCUT2D eigenvalue weighted by Crippen LogP contribution is -2.16. The molecule has 2 rings (SSSR count). The van der Waals surface area contributed by atoms with Crippen LogP contribution in [0.5, 0.6) is 5.75 Å². The summed E-state index contributed by atoms with van der Waals surface area (Å²) in [6.07, 6.45) is 4.04. The third-order valence-corrected chi connectivity index (χ3v) is 4.43. The van der Waals surface area contributed by atoms with Crippen LogP contribution in [0, 0.1) is 5.92 Å². The summed E-state index contributed by atoms with van der Waals surface area (Å²) in [6.45, 7) is 6.52. The van der Waals surface area contributed by atoms with Gasteiger partial charge >= 0.3 is 0 Å². The molecule has 1 heterocycles. The van der Waals surface area contributed by atoms with Crippen LogP contribution in [0.1, 0.15) is 51.3 Å². The lowest BCUT2D eigenvalue weighted by Gasteiger charge is -2.21. The normalized spacial score (nSPS) is 28.9. The minimum atomic E-state index is 0.278. The standard InChI is InChI=1S/C13H21ClN2O/c1-8(2)16-13(12(17-4)7-15-16)10-5-6-11(14)9(10)3/h7-11H,5-6H2,1-4H3. The molecular formula is C13H21ClN2O. The number of hydrogen-bond donors (Lipinski definition) is 0. The van der Waals surface area contributed by atoms with Gasteiger partial charge in [0.15, 0.2) is 5.75 Å². The molecule has 0 aromatic carbocycles.